The molecule has 1 aromatic carbocycles. The standard InChI is InChI=1S/C17H23ClO3/c1-4-11-7-5-6-8-13(11)16(19)12-9-14(18)17(21-3)15(10-12)20-2/h9-11,13H,4-8H2,1-3H3. The van der Waals surface area contributed by atoms with E-state index in [0.29, 0.717) is 28.0 Å². The van der Waals surface area contributed by atoms with Gasteiger partial charge in [-0.25, -0.2) is 0 Å². The molecule has 1 aliphatic carbocycles. The number of carbonyl (C=O) groups is 1. The molecular weight excluding hydrogens is 288 g/mol. The number of benzene rings is 1. The van der Waals surface area contributed by atoms with Crippen LogP contribution in [-0.2, 0) is 0 Å². The van der Waals surface area contributed by atoms with E-state index in [9.17, 15) is 4.79 Å². The maximum atomic E-state index is 12.8. The van der Waals surface area contributed by atoms with Crippen molar-refractivity contribution < 1.29 is 14.3 Å². The first kappa shape index (κ1) is 16.2. The van der Waals surface area contributed by atoms with E-state index in [1.165, 1.54) is 6.42 Å². The first-order valence-corrected chi connectivity index (χ1v) is 7.95. The number of rotatable bonds is 5. The molecule has 0 amide bonds. The second kappa shape index (κ2) is 7.17. The Morgan fingerprint density at radius 1 is 1.24 bits per heavy atom. The number of carbonyl (C=O) groups excluding carboxylic acids is 1. The molecule has 2 unspecified atom stereocenters. The van der Waals surface area contributed by atoms with Crippen LogP contribution < -0.4 is 9.47 Å². The summed E-state index contributed by atoms with van der Waals surface area (Å²) in [5.41, 5.74) is 0.628. The molecule has 0 aliphatic heterocycles. The largest absolute Gasteiger partial charge is 0.493 e. The van der Waals surface area contributed by atoms with Gasteiger partial charge in [-0.15, -0.1) is 0 Å². The maximum absolute atomic E-state index is 12.8. The molecule has 0 radical (unpaired) electrons. The Bertz CT molecular complexity index is 513. The summed E-state index contributed by atoms with van der Waals surface area (Å²) in [6.07, 6.45) is 5.54. The van der Waals surface area contributed by atoms with E-state index in [2.05, 4.69) is 6.92 Å². The van der Waals surface area contributed by atoms with E-state index in [-0.39, 0.29) is 11.7 Å². The van der Waals surface area contributed by atoms with Crippen molar-refractivity contribution in [3.05, 3.63) is 22.7 Å². The van der Waals surface area contributed by atoms with Crippen LogP contribution in [0.15, 0.2) is 12.1 Å². The predicted molar refractivity (Wildman–Crippen MR) is 84.6 cm³/mol. The first-order chi connectivity index (χ1) is 10.1. The molecule has 1 aromatic rings. The van der Waals surface area contributed by atoms with E-state index < -0.39 is 0 Å². The minimum absolute atomic E-state index is 0.109. The summed E-state index contributed by atoms with van der Waals surface area (Å²) in [5.74, 6) is 1.77. The summed E-state index contributed by atoms with van der Waals surface area (Å²) in [7, 11) is 3.09. The molecule has 1 aliphatic rings. The van der Waals surface area contributed by atoms with Crippen molar-refractivity contribution in [2.24, 2.45) is 11.8 Å². The van der Waals surface area contributed by atoms with E-state index in [1.807, 2.05) is 0 Å². The molecule has 0 N–H and O–H groups in total. The summed E-state index contributed by atoms with van der Waals surface area (Å²) in [6.45, 7) is 2.16. The summed E-state index contributed by atoms with van der Waals surface area (Å²) >= 11 is 6.21. The number of hydrogen-bond donors (Lipinski definition) is 0. The fraction of sp³-hybridized carbons (Fsp3) is 0.588. The lowest BCUT2D eigenvalue weighted by atomic mass is 9.74. The molecule has 0 heterocycles. The van der Waals surface area contributed by atoms with Crippen LogP contribution in [0.1, 0.15) is 49.4 Å². The maximum Gasteiger partial charge on any atom is 0.179 e. The minimum Gasteiger partial charge on any atom is -0.493 e. The second-order valence-electron chi connectivity index (χ2n) is 5.62. The van der Waals surface area contributed by atoms with Gasteiger partial charge in [0.05, 0.1) is 19.2 Å². The fourth-order valence-corrected chi connectivity index (χ4v) is 3.60. The average molecular weight is 311 g/mol. The van der Waals surface area contributed by atoms with Crippen LogP contribution in [0.25, 0.3) is 0 Å². The third-order valence-electron chi connectivity index (χ3n) is 4.49. The van der Waals surface area contributed by atoms with Gasteiger partial charge in [-0.2, -0.15) is 0 Å². The normalized spacial score (nSPS) is 21.9. The smallest absolute Gasteiger partial charge is 0.179 e. The molecule has 116 valence electrons. The van der Waals surface area contributed by atoms with E-state index in [0.717, 1.165) is 25.7 Å². The van der Waals surface area contributed by atoms with Crippen LogP contribution in [0.4, 0.5) is 0 Å². The van der Waals surface area contributed by atoms with Crippen molar-refractivity contribution in [3.8, 4) is 11.5 Å². The fourth-order valence-electron chi connectivity index (χ4n) is 3.32. The van der Waals surface area contributed by atoms with Gasteiger partial charge in [-0.3, -0.25) is 4.79 Å². The second-order valence-corrected chi connectivity index (χ2v) is 6.02. The molecule has 3 nitrogen and oxygen atoms in total. The van der Waals surface area contributed by atoms with Crippen LogP contribution in [0.5, 0.6) is 11.5 Å². The summed E-state index contributed by atoms with van der Waals surface area (Å²) in [6, 6.07) is 3.45. The van der Waals surface area contributed by atoms with Crippen LogP contribution >= 0.6 is 11.6 Å². The first-order valence-electron chi connectivity index (χ1n) is 7.58. The SMILES string of the molecule is CCC1CCCCC1C(=O)c1cc(Cl)c(OC)c(OC)c1. The highest BCUT2D eigenvalue weighted by molar-refractivity contribution is 6.32. The molecule has 4 heteroatoms. The van der Waals surface area contributed by atoms with Gasteiger partial charge in [0.15, 0.2) is 17.3 Å². The number of halogens is 1. The molecule has 2 atom stereocenters. The number of ether oxygens (including phenoxy) is 2. The van der Waals surface area contributed by atoms with Crippen molar-refractivity contribution >= 4 is 17.4 Å². The molecule has 1 fully saturated rings. The van der Waals surface area contributed by atoms with Crippen molar-refractivity contribution in [2.45, 2.75) is 39.0 Å². The van der Waals surface area contributed by atoms with Gasteiger partial charge in [0.2, 0.25) is 0 Å². The number of methoxy groups -OCH3 is 2. The van der Waals surface area contributed by atoms with Crippen molar-refractivity contribution in [2.75, 3.05) is 14.2 Å². The number of Topliss-reactive ketones (excluding diaryl/α,β-unsaturated/α-hetero) is 1. The van der Waals surface area contributed by atoms with Gasteiger partial charge in [0, 0.05) is 11.5 Å². The molecule has 0 bridgehead atoms. The lowest BCUT2D eigenvalue weighted by Gasteiger charge is -2.29. The molecule has 2 rings (SSSR count). The molecule has 0 aromatic heterocycles. The van der Waals surface area contributed by atoms with Gasteiger partial charge in [-0.05, 0) is 30.9 Å². The van der Waals surface area contributed by atoms with Gasteiger partial charge in [0.25, 0.3) is 0 Å². The van der Waals surface area contributed by atoms with Crippen molar-refractivity contribution in [3.63, 3.8) is 0 Å². The van der Waals surface area contributed by atoms with Gasteiger partial charge < -0.3 is 9.47 Å². The minimum atomic E-state index is 0.109. The van der Waals surface area contributed by atoms with Crippen molar-refractivity contribution in [1.29, 1.82) is 0 Å². The zero-order valence-corrected chi connectivity index (χ0v) is 13.7. The monoisotopic (exact) mass is 310 g/mol. The predicted octanol–water partition coefficient (Wildman–Crippen LogP) is 4.76. The van der Waals surface area contributed by atoms with Gasteiger partial charge in [-0.1, -0.05) is 37.8 Å². The van der Waals surface area contributed by atoms with E-state index in [4.69, 9.17) is 21.1 Å². The van der Waals surface area contributed by atoms with Crippen LogP contribution in [0, 0.1) is 11.8 Å². The molecule has 21 heavy (non-hydrogen) atoms. The summed E-state index contributed by atoms with van der Waals surface area (Å²) in [5, 5.41) is 0.420. The summed E-state index contributed by atoms with van der Waals surface area (Å²) in [4.78, 5) is 12.8. The van der Waals surface area contributed by atoms with Crippen LogP contribution in [-0.4, -0.2) is 20.0 Å². The van der Waals surface area contributed by atoms with Gasteiger partial charge >= 0.3 is 0 Å². The highest BCUT2D eigenvalue weighted by Gasteiger charge is 2.31. The summed E-state index contributed by atoms with van der Waals surface area (Å²) < 4.78 is 10.5. The molecule has 0 saturated heterocycles. The lowest BCUT2D eigenvalue weighted by molar-refractivity contribution is 0.0820. The Kier molecular flexibility index (Phi) is 5.51. The Morgan fingerprint density at radius 3 is 2.57 bits per heavy atom. The van der Waals surface area contributed by atoms with Gasteiger partial charge in [0.1, 0.15) is 0 Å². The van der Waals surface area contributed by atoms with Crippen LogP contribution in [0.2, 0.25) is 5.02 Å². The highest BCUT2D eigenvalue weighted by atomic mass is 35.5. The Labute approximate surface area is 131 Å². The van der Waals surface area contributed by atoms with E-state index in [1.54, 1.807) is 26.4 Å². The van der Waals surface area contributed by atoms with E-state index >= 15 is 0 Å². The third-order valence-corrected chi connectivity index (χ3v) is 4.77. The molecule has 0 spiro atoms. The number of hydrogen-bond acceptors (Lipinski definition) is 3. The zero-order chi connectivity index (χ0) is 15.4. The lowest BCUT2D eigenvalue weighted by Crippen LogP contribution is -2.27. The van der Waals surface area contributed by atoms with Crippen LogP contribution in [0.3, 0.4) is 0 Å². The number of ketones is 1. The molecular formula is C17H23ClO3. The topological polar surface area (TPSA) is 35.5 Å². The van der Waals surface area contributed by atoms with Crippen molar-refractivity contribution in [1.82, 2.24) is 0 Å². The third kappa shape index (κ3) is 3.34. The zero-order valence-electron chi connectivity index (χ0n) is 12.9. The quantitative estimate of drug-likeness (QED) is 0.736. The highest BCUT2D eigenvalue weighted by Crippen LogP contribution is 2.39. The Hall–Kier alpha value is -1.22. The Balaban J connectivity index is 2.32. The average Bonchev–Trinajstić information content (AvgIpc) is 2.53. The molecule has 1 saturated carbocycles. The Morgan fingerprint density at radius 2 is 1.95 bits per heavy atom.